The molecule has 0 atom stereocenters. The Bertz CT molecular complexity index is 1790. The van der Waals surface area contributed by atoms with Crippen LogP contribution in [0.2, 0.25) is 0 Å². The molecule has 6 rings (SSSR count). The lowest BCUT2D eigenvalue weighted by molar-refractivity contribution is 0.647. The smallest absolute Gasteiger partial charge is 0.291 e. The lowest BCUT2D eigenvalue weighted by atomic mass is 10.1. The van der Waals surface area contributed by atoms with Crippen molar-refractivity contribution in [2.24, 2.45) is 14.1 Å². The first-order valence-corrected chi connectivity index (χ1v) is 12.2. The van der Waals surface area contributed by atoms with E-state index >= 15 is 0 Å². The van der Waals surface area contributed by atoms with Crippen LogP contribution in [-0.2, 0) is 27.1 Å². The van der Waals surface area contributed by atoms with Crippen molar-refractivity contribution in [3.8, 4) is 0 Å². The van der Waals surface area contributed by atoms with Crippen molar-refractivity contribution < 1.29 is 0 Å². The van der Waals surface area contributed by atoms with E-state index < -0.39 is 0 Å². The van der Waals surface area contributed by atoms with Crippen molar-refractivity contribution in [1.82, 2.24) is 29.1 Å². The standard InChI is InChI=1S/C26H25N7OS/c1-30(2)18-9-5-7-16(11-18)12-22-29-25-24(35-22)20-14-28-33(26(34)23(20)31(25)3)15-17-8-6-10-21-19(17)13-27-32(21)4/h5-11,13-14H,12,15H2,1-4H3. The number of hydrogen-bond acceptors (Lipinski definition) is 6. The maximum absolute atomic E-state index is 13.5. The molecule has 0 bridgehead atoms. The molecule has 0 amide bonds. The van der Waals surface area contributed by atoms with Crippen molar-refractivity contribution in [2.45, 2.75) is 13.0 Å². The predicted octanol–water partition coefficient (Wildman–Crippen LogP) is 3.94. The van der Waals surface area contributed by atoms with Crippen LogP contribution >= 0.6 is 11.3 Å². The Morgan fingerprint density at radius 2 is 1.80 bits per heavy atom. The first-order valence-electron chi connectivity index (χ1n) is 11.4. The van der Waals surface area contributed by atoms with Crippen LogP contribution in [0.15, 0.2) is 59.7 Å². The Morgan fingerprint density at radius 1 is 1.00 bits per heavy atom. The molecule has 6 aromatic rings. The van der Waals surface area contributed by atoms with Gasteiger partial charge in [0, 0.05) is 51.1 Å². The summed E-state index contributed by atoms with van der Waals surface area (Å²) in [4.78, 5) is 20.5. The molecule has 2 aromatic carbocycles. The Kier molecular flexibility index (Phi) is 4.96. The van der Waals surface area contributed by atoms with Crippen molar-refractivity contribution in [1.29, 1.82) is 0 Å². The van der Waals surface area contributed by atoms with E-state index in [9.17, 15) is 4.79 Å². The topological polar surface area (TPSA) is 73.8 Å². The minimum atomic E-state index is -0.115. The number of fused-ring (bicyclic) bond motifs is 4. The molecular weight excluding hydrogens is 458 g/mol. The normalized spacial score (nSPS) is 11.8. The summed E-state index contributed by atoms with van der Waals surface area (Å²) < 4.78 is 6.28. The minimum absolute atomic E-state index is 0.115. The summed E-state index contributed by atoms with van der Waals surface area (Å²) in [7, 11) is 7.91. The number of aromatic nitrogens is 6. The van der Waals surface area contributed by atoms with Crippen LogP contribution in [0.5, 0.6) is 0 Å². The van der Waals surface area contributed by atoms with Gasteiger partial charge in [-0.15, -0.1) is 11.3 Å². The summed E-state index contributed by atoms with van der Waals surface area (Å²) in [5, 5.41) is 11.8. The van der Waals surface area contributed by atoms with Gasteiger partial charge in [-0.05, 0) is 29.3 Å². The van der Waals surface area contributed by atoms with E-state index in [0.717, 1.165) is 43.6 Å². The van der Waals surface area contributed by atoms with E-state index in [4.69, 9.17) is 4.98 Å². The molecule has 8 nitrogen and oxygen atoms in total. The van der Waals surface area contributed by atoms with Gasteiger partial charge in [0.2, 0.25) is 0 Å². The Balaban J connectivity index is 1.38. The van der Waals surface area contributed by atoms with Crippen molar-refractivity contribution >= 4 is 49.2 Å². The summed E-state index contributed by atoms with van der Waals surface area (Å²) >= 11 is 1.64. The van der Waals surface area contributed by atoms with Gasteiger partial charge in [0.1, 0.15) is 10.5 Å². The summed E-state index contributed by atoms with van der Waals surface area (Å²) in [5.41, 5.74) is 5.77. The molecule has 0 saturated heterocycles. The average molecular weight is 484 g/mol. The summed E-state index contributed by atoms with van der Waals surface area (Å²) in [6, 6.07) is 14.5. The highest BCUT2D eigenvalue weighted by molar-refractivity contribution is 7.19. The Morgan fingerprint density at radius 3 is 2.63 bits per heavy atom. The second-order valence-corrected chi connectivity index (χ2v) is 10.1. The van der Waals surface area contributed by atoms with Gasteiger partial charge >= 0.3 is 0 Å². The molecule has 0 fully saturated rings. The third-order valence-corrected chi connectivity index (χ3v) is 7.63. The second kappa shape index (κ2) is 8.06. The summed E-state index contributed by atoms with van der Waals surface area (Å²) in [6.45, 7) is 0.386. The molecule has 0 radical (unpaired) electrons. The molecule has 0 saturated carbocycles. The van der Waals surface area contributed by atoms with Crippen LogP contribution in [0, 0.1) is 0 Å². The lowest BCUT2D eigenvalue weighted by Crippen LogP contribution is -2.24. The number of thiazole rings is 1. The molecule has 4 heterocycles. The molecule has 0 N–H and O–H groups in total. The van der Waals surface area contributed by atoms with Crippen LogP contribution in [0.1, 0.15) is 16.1 Å². The molecule has 0 aliphatic rings. The number of nitrogens with zero attached hydrogens (tertiary/aromatic N) is 7. The van der Waals surface area contributed by atoms with Crippen molar-refractivity contribution in [2.75, 3.05) is 19.0 Å². The highest BCUT2D eigenvalue weighted by atomic mass is 32.1. The first kappa shape index (κ1) is 21.5. The maximum Gasteiger partial charge on any atom is 0.291 e. The van der Waals surface area contributed by atoms with E-state index in [-0.39, 0.29) is 5.56 Å². The summed E-state index contributed by atoms with van der Waals surface area (Å²) in [5.74, 6) is 0. The van der Waals surface area contributed by atoms with Crippen LogP contribution in [-0.4, -0.2) is 43.2 Å². The monoisotopic (exact) mass is 483 g/mol. The van der Waals surface area contributed by atoms with Crippen LogP contribution < -0.4 is 10.5 Å². The fraction of sp³-hybridized carbons (Fsp3) is 0.231. The van der Waals surface area contributed by atoms with Gasteiger partial charge in [-0.3, -0.25) is 9.48 Å². The molecular formula is C26H25N7OS. The Hall–Kier alpha value is -3.98. The van der Waals surface area contributed by atoms with Crippen LogP contribution in [0.4, 0.5) is 5.69 Å². The van der Waals surface area contributed by atoms with E-state index in [0.29, 0.717) is 12.1 Å². The average Bonchev–Trinajstić information content (AvgIpc) is 3.50. The Labute approximate surface area is 205 Å². The van der Waals surface area contributed by atoms with E-state index in [2.05, 4.69) is 39.4 Å². The van der Waals surface area contributed by atoms with Gasteiger partial charge < -0.3 is 9.47 Å². The second-order valence-electron chi connectivity index (χ2n) is 9.05. The zero-order valence-corrected chi connectivity index (χ0v) is 20.9. The van der Waals surface area contributed by atoms with Crippen molar-refractivity contribution in [3.05, 3.63) is 81.3 Å². The SMILES string of the molecule is CN(C)c1cccc(Cc2nc3c(s2)c2cnn(Cc4cccc5c4cnn5C)c(=O)c2n3C)c1. The molecule has 0 aliphatic carbocycles. The lowest BCUT2D eigenvalue weighted by Gasteiger charge is -2.13. The van der Waals surface area contributed by atoms with Crippen LogP contribution in [0.3, 0.4) is 0 Å². The van der Waals surface area contributed by atoms with Gasteiger partial charge in [0.25, 0.3) is 5.56 Å². The summed E-state index contributed by atoms with van der Waals surface area (Å²) in [6.07, 6.45) is 4.39. The predicted molar refractivity (Wildman–Crippen MR) is 142 cm³/mol. The fourth-order valence-corrected chi connectivity index (χ4v) is 5.82. The third-order valence-electron chi connectivity index (χ3n) is 6.55. The largest absolute Gasteiger partial charge is 0.378 e. The quantitative estimate of drug-likeness (QED) is 0.371. The third kappa shape index (κ3) is 3.50. The number of aryl methyl sites for hydroxylation is 2. The van der Waals surface area contributed by atoms with Gasteiger partial charge in [-0.25, -0.2) is 9.67 Å². The number of benzene rings is 2. The zero-order valence-electron chi connectivity index (χ0n) is 20.1. The minimum Gasteiger partial charge on any atom is -0.378 e. The molecule has 0 spiro atoms. The number of hydrogen-bond donors (Lipinski definition) is 0. The van der Waals surface area contributed by atoms with Crippen molar-refractivity contribution in [3.63, 3.8) is 0 Å². The highest BCUT2D eigenvalue weighted by Crippen LogP contribution is 2.32. The van der Waals surface area contributed by atoms with Gasteiger partial charge in [0.15, 0.2) is 5.65 Å². The van der Waals surface area contributed by atoms with Gasteiger partial charge in [0.05, 0.1) is 29.2 Å². The number of rotatable bonds is 5. The van der Waals surface area contributed by atoms with Gasteiger partial charge in [-0.2, -0.15) is 10.2 Å². The van der Waals surface area contributed by atoms with Crippen LogP contribution in [0.25, 0.3) is 32.2 Å². The molecule has 9 heteroatoms. The zero-order chi connectivity index (χ0) is 24.3. The van der Waals surface area contributed by atoms with E-state index in [1.165, 1.54) is 15.9 Å². The molecule has 0 unspecified atom stereocenters. The maximum atomic E-state index is 13.5. The molecule has 35 heavy (non-hydrogen) atoms. The van der Waals surface area contributed by atoms with Gasteiger partial charge in [-0.1, -0.05) is 24.3 Å². The highest BCUT2D eigenvalue weighted by Gasteiger charge is 2.19. The van der Waals surface area contributed by atoms with E-state index in [1.807, 2.05) is 61.8 Å². The molecule has 176 valence electrons. The fourth-order valence-electron chi connectivity index (χ4n) is 4.68. The molecule has 0 aliphatic heterocycles. The van der Waals surface area contributed by atoms with E-state index in [1.54, 1.807) is 17.5 Å². The number of anilines is 1. The molecule has 4 aromatic heterocycles. The first-order chi connectivity index (χ1) is 16.9.